The molecule has 0 spiro atoms. The lowest BCUT2D eigenvalue weighted by molar-refractivity contribution is 0.346. The summed E-state index contributed by atoms with van der Waals surface area (Å²) in [5.41, 5.74) is 15.5. The lowest BCUT2D eigenvalue weighted by Gasteiger charge is -2.39. The molecule has 1 saturated carbocycles. The summed E-state index contributed by atoms with van der Waals surface area (Å²) in [6, 6.07) is 67.4. The minimum Gasteiger partial charge on any atom is -0.311 e. The standard InChI is InChI=1S/C52H48N2/c1-3-51(2)49-25-15-14-24-47(49)48-38-46(34-35-50(48)51)54(43-22-12-6-13-23-43)45-32-28-40(29-33-45)52(36-16-7-17-37-52)39-26-30-44(31-27-39)53(41-18-8-4-9-19-41)42-20-10-5-11-21-42/h4-6,8-15,18-35,38H,3,7,16-17,36-37H2,1-2H3. The molecule has 0 saturated heterocycles. The molecule has 0 bridgehead atoms. The van der Waals surface area contributed by atoms with Crippen LogP contribution in [0.1, 0.15) is 74.6 Å². The molecule has 0 N–H and O–H groups in total. The number of anilines is 6. The molecule has 2 aliphatic carbocycles. The van der Waals surface area contributed by atoms with E-state index in [1.165, 1.54) is 75.4 Å². The van der Waals surface area contributed by atoms with Crippen molar-refractivity contribution in [2.45, 2.75) is 63.2 Å². The Morgan fingerprint density at radius 2 is 0.815 bits per heavy atom. The number of hydrogen-bond acceptors (Lipinski definition) is 2. The van der Waals surface area contributed by atoms with Crippen LogP contribution in [0.3, 0.4) is 0 Å². The van der Waals surface area contributed by atoms with Gasteiger partial charge in [0, 0.05) is 45.0 Å². The summed E-state index contributed by atoms with van der Waals surface area (Å²) in [6.07, 6.45) is 7.18. The Balaban J connectivity index is 1.09. The van der Waals surface area contributed by atoms with Gasteiger partial charge in [0.25, 0.3) is 0 Å². The van der Waals surface area contributed by atoms with Crippen molar-refractivity contribution >= 4 is 34.1 Å². The summed E-state index contributed by atoms with van der Waals surface area (Å²) in [4.78, 5) is 4.78. The Morgan fingerprint density at radius 1 is 0.407 bits per heavy atom. The third-order valence-corrected chi connectivity index (χ3v) is 12.5. The fourth-order valence-electron chi connectivity index (χ4n) is 9.48. The van der Waals surface area contributed by atoms with Gasteiger partial charge >= 0.3 is 0 Å². The highest BCUT2D eigenvalue weighted by Crippen LogP contribution is 2.52. The van der Waals surface area contributed by atoms with Gasteiger partial charge < -0.3 is 9.80 Å². The highest BCUT2D eigenvalue weighted by Gasteiger charge is 2.39. The maximum atomic E-state index is 2.43. The van der Waals surface area contributed by atoms with Crippen LogP contribution in [0.25, 0.3) is 11.1 Å². The number of para-hydroxylation sites is 3. The molecule has 0 aliphatic heterocycles. The Kier molecular flexibility index (Phi) is 8.91. The molecule has 9 rings (SSSR count). The smallest absolute Gasteiger partial charge is 0.0468 e. The Labute approximate surface area is 321 Å². The molecule has 2 heteroatoms. The molecule has 266 valence electrons. The summed E-state index contributed by atoms with van der Waals surface area (Å²) in [5, 5.41) is 0. The van der Waals surface area contributed by atoms with Gasteiger partial charge in [-0.1, -0.05) is 142 Å². The van der Waals surface area contributed by atoms with Crippen LogP contribution in [-0.2, 0) is 10.8 Å². The normalized spacial score (nSPS) is 17.0. The van der Waals surface area contributed by atoms with E-state index in [9.17, 15) is 0 Å². The van der Waals surface area contributed by atoms with Crippen molar-refractivity contribution < 1.29 is 0 Å². The number of fused-ring (bicyclic) bond motifs is 3. The molecule has 0 radical (unpaired) electrons. The first-order chi connectivity index (χ1) is 26.6. The first-order valence-electron chi connectivity index (χ1n) is 19.8. The molecule has 7 aromatic carbocycles. The largest absolute Gasteiger partial charge is 0.311 e. The second kappa shape index (κ2) is 14.2. The van der Waals surface area contributed by atoms with E-state index < -0.39 is 0 Å². The van der Waals surface area contributed by atoms with Gasteiger partial charge in [-0.25, -0.2) is 0 Å². The molecule has 7 aromatic rings. The Hall–Kier alpha value is -5.86. The first kappa shape index (κ1) is 33.9. The van der Waals surface area contributed by atoms with E-state index in [4.69, 9.17) is 0 Å². The topological polar surface area (TPSA) is 6.48 Å². The van der Waals surface area contributed by atoms with E-state index in [0.717, 1.165) is 30.6 Å². The second-order valence-corrected chi connectivity index (χ2v) is 15.4. The van der Waals surface area contributed by atoms with E-state index in [1.54, 1.807) is 0 Å². The van der Waals surface area contributed by atoms with Gasteiger partial charge in [-0.05, 0) is 125 Å². The molecular weight excluding hydrogens is 653 g/mol. The minimum absolute atomic E-state index is 0.0148. The van der Waals surface area contributed by atoms with Crippen molar-refractivity contribution in [3.05, 3.63) is 204 Å². The van der Waals surface area contributed by atoms with Crippen LogP contribution >= 0.6 is 0 Å². The SMILES string of the molecule is CCC1(C)c2ccccc2-c2cc(N(c3ccccc3)c3ccc(C4(c5ccc(N(c6ccccc6)c6ccccc6)cc5)CCCCC4)cc3)ccc21. The third-order valence-electron chi connectivity index (χ3n) is 12.5. The maximum absolute atomic E-state index is 2.43. The molecule has 0 amide bonds. The van der Waals surface area contributed by atoms with Gasteiger partial charge in [-0.3, -0.25) is 0 Å². The van der Waals surface area contributed by atoms with Crippen LogP contribution in [0.15, 0.2) is 182 Å². The highest BCUT2D eigenvalue weighted by atomic mass is 15.1. The summed E-state index contributed by atoms with van der Waals surface area (Å²) < 4.78 is 0. The Bertz CT molecular complexity index is 2300. The molecule has 2 aliphatic rings. The molecule has 2 nitrogen and oxygen atoms in total. The zero-order valence-corrected chi connectivity index (χ0v) is 31.5. The van der Waals surface area contributed by atoms with E-state index in [-0.39, 0.29) is 10.8 Å². The average molecular weight is 701 g/mol. The molecular formula is C52H48N2. The van der Waals surface area contributed by atoms with Gasteiger partial charge in [0.1, 0.15) is 0 Å². The van der Waals surface area contributed by atoms with Crippen molar-refractivity contribution in [3.63, 3.8) is 0 Å². The molecule has 0 heterocycles. The van der Waals surface area contributed by atoms with Crippen molar-refractivity contribution in [3.8, 4) is 11.1 Å². The van der Waals surface area contributed by atoms with Crippen molar-refractivity contribution in [2.75, 3.05) is 9.80 Å². The van der Waals surface area contributed by atoms with Gasteiger partial charge in [0.2, 0.25) is 0 Å². The fourth-order valence-corrected chi connectivity index (χ4v) is 9.48. The predicted octanol–water partition coefficient (Wildman–Crippen LogP) is 14.6. The van der Waals surface area contributed by atoms with E-state index in [0.29, 0.717) is 0 Å². The molecule has 1 fully saturated rings. The number of benzene rings is 7. The molecule has 1 atom stereocenters. The zero-order valence-electron chi connectivity index (χ0n) is 31.5. The maximum Gasteiger partial charge on any atom is 0.0468 e. The van der Waals surface area contributed by atoms with Crippen LogP contribution in [0.5, 0.6) is 0 Å². The van der Waals surface area contributed by atoms with Crippen LogP contribution in [0.4, 0.5) is 34.1 Å². The minimum atomic E-state index is -0.0148. The van der Waals surface area contributed by atoms with Crippen LogP contribution < -0.4 is 9.80 Å². The van der Waals surface area contributed by atoms with Crippen LogP contribution in [0, 0.1) is 0 Å². The second-order valence-electron chi connectivity index (χ2n) is 15.4. The highest BCUT2D eigenvalue weighted by molar-refractivity contribution is 5.86. The number of hydrogen-bond donors (Lipinski definition) is 0. The first-order valence-corrected chi connectivity index (χ1v) is 19.8. The monoisotopic (exact) mass is 700 g/mol. The number of rotatable bonds is 9. The lowest BCUT2D eigenvalue weighted by Crippen LogP contribution is -2.30. The zero-order chi connectivity index (χ0) is 36.5. The van der Waals surface area contributed by atoms with Gasteiger partial charge in [-0.2, -0.15) is 0 Å². The summed E-state index contributed by atoms with van der Waals surface area (Å²) in [7, 11) is 0. The van der Waals surface area contributed by atoms with Crippen LogP contribution in [-0.4, -0.2) is 0 Å². The van der Waals surface area contributed by atoms with Crippen molar-refractivity contribution in [2.24, 2.45) is 0 Å². The fraction of sp³-hybridized carbons (Fsp3) is 0.192. The molecule has 0 aromatic heterocycles. The van der Waals surface area contributed by atoms with E-state index >= 15 is 0 Å². The van der Waals surface area contributed by atoms with E-state index in [2.05, 4.69) is 206 Å². The van der Waals surface area contributed by atoms with Gasteiger partial charge in [-0.15, -0.1) is 0 Å². The quantitative estimate of drug-likeness (QED) is 0.148. The van der Waals surface area contributed by atoms with Crippen molar-refractivity contribution in [1.82, 2.24) is 0 Å². The number of nitrogens with zero attached hydrogens (tertiary/aromatic N) is 2. The van der Waals surface area contributed by atoms with E-state index in [1.807, 2.05) is 0 Å². The average Bonchev–Trinajstić information content (AvgIpc) is 3.50. The lowest BCUT2D eigenvalue weighted by atomic mass is 9.65. The third kappa shape index (κ3) is 5.82. The predicted molar refractivity (Wildman–Crippen MR) is 228 cm³/mol. The van der Waals surface area contributed by atoms with Gasteiger partial charge in [0.05, 0.1) is 0 Å². The van der Waals surface area contributed by atoms with Gasteiger partial charge in [0.15, 0.2) is 0 Å². The van der Waals surface area contributed by atoms with Crippen molar-refractivity contribution in [1.29, 1.82) is 0 Å². The molecule has 1 unspecified atom stereocenters. The summed E-state index contributed by atoms with van der Waals surface area (Å²) in [6.45, 7) is 4.72. The summed E-state index contributed by atoms with van der Waals surface area (Å²) in [5.74, 6) is 0. The molecule has 54 heavy (non-hydrogen) atoms. The van der Waals surface area contributed by atoms with Crippen LogP contribution in [0.2, 0.25) is 0 Å². The summed E-state index contributed by atoms with van der Waals surface area (Å²) >= 11 is 0. The Morgan fingerprint density at radius 3 is 1.31 bits per heavy atom.